The second-order valence-corrected chi connectivity index (χ2v) is 7.31. The van der Waals surface area contributed by atoms with E-state index in [2.05, 4.69) is 47.3 Å². The summed E-state index contributed by atoms with van der Waals surface area (Å²) in [6, 6.07) is 11.9. The first-order valence-electron chi connectivity index (χ1n) is 8.49. The fourth-order valence-corrected chi connectivity index (χ4v) is 3.39. The lowest BCUT2D eigenvalue weighted by molar-refractivity contribution is -0.119. The van der Waals surface area contributed by atoms with Gasteiger partial charge in [0.25, 0.3) is 0 Å². The highest BCUT2D eigenvalue weighted by Crippen LogP contribution is 2.23. The molecule has 1 atom stereocenters. The van der Waals surface area contributed by atoms with E-state index in [1.807, 2.05) is 25.1 Å². The van der Waals surface area contributed by atoms with Crippen LogP contribution in [-0.2, 0) is 4.79 Å². The monoisotopic (exact) mass is 369 g/mol. The van der Waals surface area contributed by atoms with Crippen LogP contribution in [0, 0.1) is 13.8 Å². The van der Waals surface area contributed by atoms with Crippen molar-refractivity contribution in [2.24, 2.45) is 0 Å². The molecule has 0 bridgehead atoms. The van der Waals surface area contributed by atoms with Gasteiger partial charge in [-0.3, -0.25) is 4.79 Å². The number of methoxy groups -OCH3 is 1. The number of thioether (sulfide) groups is 1. The summed E-state index contributed by atoms with van der Waals surface area (Å²) in [6.45, 7) is 6.17. The Morgan fingerprint density at radius 3 is 2.77 bits per heavy atom. The smallest absolute Gasteiger partial charge is 0.230 e. The Morgan fingerprint density at radius 2 is 2.04 bits per heavy atom. The van der Waals surface area contributed by atoms with E-state index < -0.39 is 0 Å². The first-order chi connectivity index (χ1) is 12.5. The molecule has 0 spiro atoms. The van der Waals surface area contributed by atoms with Crippen molar-refractivity contribution in [2.75, 3.05) is 12.9 Å². The Kier molecular flexibility index (Phi) is 5.52. The number of fused-ring (bicyclic) bond motifs is 1. The van der Waals surface area contributed by atoms with Gasteiger partial charge in [0.15, 0.2) is 5.16 Å². The number of hydrogen-bond donors (Lipinski definition) is 2. The number of imidazole rings is 1. The zero-order chi connectivity index (χ0) is 18.7. The van der Waals surface area contributed by atoms with Crippen molar-refractivity contribution in [3.05, 3.63) is 53.1 Å². The fourth-order valence-electron chi connectivity index (χ4n) is 2.69. The number of rotatable bonds is 6. The summed E-state index contributed by atoms with van der Waals surface area (Å²) in [5.74, 6) is 1.07. The molecule has 0 saturated heterocycles. The average Bonchev–Trinajstić information content (AvgIpc) is 3.04. The number of carbonyl (C=O) groups is 1. The van der Waals surface area contributed by atoms with Crippen molar-refractivity contribution in [2.45, 2.75) is 32.0 Å². The highest BCUT2D eigenvalue weighted by molar-refractivity contribution is 7.99. The number of carbonyl (C=O) groups excluding carboxylic acids is 1. The summed E-state index contributed by atoms with van der Waals surface area (Å²) in [7, 11) is 1.63. The largest absolute Gasteiger partial charge is 0.497 e. The molecule has 3 aromatic rings. The van der Waals surface area contributed by atoms with E-state index in [-0.39, 0.29) is 11.9 Å². The summed E-state index contributed by atoms with van der Waals surface area (Å²) < 4.78 is 5.21. The third-order valence-electron chi connectivity index (χ3n) is 4.42. The molecule has 1 unspecified atom stereocenters. The van der Waals surface area contributed by atoms with Gasteiger partial charge in [0.05, 0.1) is 29.9 Å². The van der Waals surface area contributed by atoms with Crippen molar-refractivity contribution in [1.82, 2.24) is 15.3 Å². The van der Waals surface area contributed by atoms with E-state index >= 15 is 0 Å². The first kappa shape index (κ1) is 18.3. The summed E-state index contributed by atoms with van der Waals surface area (Å²) in [5.41, 5.74) is 5.36. The number of ether oxygens (including phenoxy) is 1. The Bertz CT molecular complexity index is 936. The zero-order valence-electron chi connectivity index (χ0n) is 15.4. The molecule has 1 aromatic heterocycles. The standard InChI is InChI=1S/C20H23N3O2S/c1-12-5-6-15(9-13(12)2)14(3)21-19(24)11-26-20-22-17-8-7-16(25-4)10-18(17)23-20/h5-10,14H,11H2,1-4H3,(H,21,24)(H,22,23). The molecule has 0 aliphatic heterocycles. The average molecular weight is 369 g/mol. The number of amides is 1. The Balaban J connectivity index is 1.59. The van der Waals surface area contributed by atoms with Gasteiger partial charge in [0.2, 0.25) is 5.91 Å². The molecule has 5 nitrogen and oxygen atoms in total. The van der Waals surface area contributed by atoms with Crippen LogP contribution in [0.5, 0.6) is 5.75 Å². The quantitative estimate of drug-likeness (QED) is 0.640. The SMILES string of the molecule is COc1ccc2nc(SCC(=O)NC(C)c3ccc(C)c(C)c3)[nH]c2c1. The van der Waals surface area contributed by atoms with E-state index in [9.17, 15) is 4.79 Å². The fraction of sp³-hybridized carbons (Fsp3) is 0.300. The molecule has 26 heavy (non-hydrogen) atoms. The van der Waals surface area contributed by atoms with E-state index in [4.69, 9.17) is 4.74 Å². The maximum Gasteiger partial charge on any atom is 0.230 e. The number of aromatic nitrogens is 2. The maximum atomic E-state index is 12.3. The van der Waals surface area contributed by atoms with Crippen LogP contribution < -0.4 is 10.1 Å². The molecular weight excluding hydrogens is 346 g/mol. The molecule has 0 aliphatic rings. The van der Waals surface area contributed by atoms with Crippen molar-refractivity contribution in [3.63, 3.8) is 0 Å². The second kappa shape index (κ2) is 7.83. The number of hydrogen-bond acceptors (Lipinski definition) is 4. The van der Waals surface area contributed by atoms with Crippen molar-refractivity contribution in [3.8, 4) is 5.75 Å². The maximum absolute atomic E-state index is 12.3. The van der Waals surface area contributed by atoms with Crippen molar-refractivity contribution in [1.29, 1.82) is 0 Å². The molecule has 3 rings (SSSR count). The number of nitrogens with one attached hydrogen (secondary N) is 2. The lowest BCUT2D eigenvalue weighted by Crippen LogP contribution is -2.28. The lowest BCUT2D eigenvalue weighted by atomic mass is 10.0. The normalized spacial score (nSPS) is 12.2. The highest BCUT2D eigenvalue weighted by Gasteiger charge is 2.12. The number of H-pyrrole nitrogens is 1. The van der Waals surface area contributed by atoms with Gasteiger partial charge in [-0.2, -0.15) is 0 Å². The Labute approximate surface area is 157 Å². The van der Waals surface area contributed by atoms with E-state index in [0.29, 0.717) is 5.75 Å². The van der Waals surface area contributed by atoms with Crippen LogP contribution >= 0.6 is 11.8 Å². The molecule has 6 heteroatoms. The number of aryl methyl sites for hydroxylation is 2. The minimum absolute atomic E-state index is 0.0150. The first-order valence-corrected chi connectivity index (χ1v) is 9.48. The van der Waals surface area contributed by atoms with E-state index in [0.717, 1.165) is 27.5 Å². The van der Waals surface area contributed by atoms with Gasteiger partial charge in [-0.25, -0.2) is 4.98 Å². The van der Waals surface area contributed by atoms with Gasteiger partial charge >= 0.3 is 0 Å². The minimum atomic E-state index is -0.0256. The molecule has 0 fully saturated rings. The van der Waals surface area contributed by atoms with Crippen molar-refractivity contribution >= 4 is 28.7 Å². The molecule has 1 amide bonds. The van der Waals surface area contributed by atoms with Crippen LogP contribution in [0.15, 0.2) is 41.6 Å². The number of nitrogens with zero attached hydrogens (tertiary/aromatic N) is 1. The predicted molar refractivity (Wildman–Crippen MR) is 106 cm³/mol. The van der Waals surface area contributed by atoms with Crippen LogP contribution in [0.25, 0.3) is 11.0 Å². The minimum Gasteiger partial charge on any atom is -0.497 e. The molecule has 0 aliphatic carbocycles. The van der Waals surface area contributed by atoms with Crippen LogP contribution in [0.3, 0.4) is 0 Å². The van der Waals surface area contributed by atoms with Gasteiger partial charge in [-0.1, -0.05) is 30.0 Å². The second-order valence-electron chi connectivity index (χ2n) is 6.35. The number of aromatic amines is 1. The molecule has 1 heterocycles. The summed E-state index contributed by atoms with van der Waals surface area (Å²) in [4.78, 5) is 20.0. The van der Waals surface area contributed by atoms with Crippen LogP contribution in [0.1, 0.15) is 29.7 Å². The molecule has 0 radical (unpaired) electrons. The van der Waals surface area contributed by atoms with Gasteiger partial charge < -0.3 is 15.0 Å². The molecule has 0 saturated carbocycles. The van der Waals surface area contributed by atoms with Crippen molar-refractivity contribution < 1.29 is 9.53 Å². The Hall–Kier alpha value is -2.47. The molecule has 136 valence electrons. The topological polar surface area (TPSA) is 67.0 Å². The third kappa shape index (κ3) is 4.19. The van der Waals surface area contributed by atoms with Gasteiger partial charge in [0.1, 0.15) is 5.75 Å². The van der Waals surface area contributed by atoms with Gasteiger partial charge in [-0.05, 0) is 49.6 Å². The molecule has 2 N–H and O–H groups in total. The van der Waals surface area contributed by atoms with E-state index in [1.165, 1.54) is 22.9 Å². The number of benzene rings is 2. The van der Waals surface area contributed by atoms with Gasteiger partial charge in [-0.15, -0.1) is 0 Å². The lowest BCUT2D eigenvalue weighted by Gasteiger charge is -2.15. The summed E-state index contributed by atoms with van der Waals surface area (Å²) in [5, 5.41) is 3.77. The van der Waals surface area contributed by atoms with Crippen LogP contribution in [-0.4, -0.2) is 28.7 Å². The Morgan fingerprint density at radius 1 is 1.23 bits per heavy atom. The predicted octanol–water partition coefficient (Wildman–Crippen LogP) is 4.16. The third-order valence-corrected chi connectivity index (χ3v) is 5.29. The highest BCUT2D eigenvalue weighted by atomic mass is 32.2. The van der Waals surface area contributed by atoms with E-state index in [1.54, 1.807) is 7.11 Å². The summed E-state index contributed by atoms with van der Waals surface area (Å²) >= 11 is 1.39. The summed E-state index contributed by atoms with van der Waals surface area (Å²) in [6.07, 6.45) is 0. The molecular formula is C20H23N3O2S. The van der Waals surface area contributed by atoms with Crippen LogP contribution in [0.4, 0.5) is 0 Å². The molecule has 2 aromatic carbocycles. The van der Waals surface area contributed by atoms with Crippen LogP contribution in [0.2, 0.25) is 0 Å². The zero-order valence-corrected chi connectivity index (χ0v) is 16.2. The van der Waals surface area contributed by atoms with Gasteiger partial charge in [0, 0.05) is 6.07 Å².